The first-order valence-electron chi connectivity index (χ1n) is 10.7. The van der Waals surface area contributed by atoms with E-state index in [0.717, 1.165) is 42.8 Å². The largest absolute Gasteiger partial charge is 0.489 e. The number of nitrogens with zero attached hydrogens (tertiary/aromatic N) is 1. The van der Waals surface area contributed by atoms with Crippen LogP contribution in [0.2, 0.25) is 5.02 Å². The van der Waals surface area contributed by atoms with Crippen LogP contribution in [0.4, 0.5) is 5.69 Å². The molecular weight excluding hydrogens is 414 g/mol. The Kier molecular flexibility index (Phi) is 7.84. The third-order valence-corrected chi connectivity index (χ3v) is 5.22. The van der Waals surface area contributed by atoms with Gasteiger partial charge in [-0.3, -0.25) is 4.79 Å². The van der Waals surface area contributed by atoms with Crippen LogP contribution < -0.4 is 9.64 Å². The van der Waals surface area contributed by atoms with Gasteiger partial charge in [0.25, 0.3) is 0 Å². The fourth-order valence-corrected chi connectivity index (χ4v) is 3.87. The van der Waals surface area contributed by atoms with E-state index in [4.69, 9.17) is 25.8 Å². The van der Waals surface area contributed by atoms with Crippen molar-refractivity contribution in [1.29, 1.82) is 0 Å². The molecule has 0 aromatic heterocycles. The molecule has 0 N–H and O–H groups in total. The second-order valence-corrected chi connectivity index (χ2v) is 9.43. The number of hydrogen-bond donors (Lipinski definition) is 0. The molecule has 0 spiro atoms. The monoisotopic (exact) mass is 445 g/mol. The maximum absolute atomic E-state index is 12.2. The van der Waals surface area contributed by atoms with Crippen LogP contribution in [0.15, 0.2) is 42.5 Å². The summed E-state index contributed by atoms with van der Waals surface area (Å²) in [5, 5.41) is 0.664. The molecule has 1 aliphatic rings. The highest BCUT2D eigenvalue weighted by atomic mass is 35.5. The second-order valence-electron chi connectivity index (χ2n) is 8.99. The Hall–Kier alpha value is -2.24. The Morgan fingerprint density at radius 3 is 2.71 bits per heavy atom. The zero-order valence-corrected chi connectivity index (χ0v) is 19.6. The van der Waals surface area contributed by atoms with Gasteiger partial charge in [-0.2, -0.15) is 0 Å². The topological polar surface area (TPSA) is 48.0 Å². The van der Waals surface area contributed by atoms with Crippen LogP contribution in [-0.4, -0.2) is 37.9 Å². The Labute approximate surface area is 190 Å². The Balaban J connectivity index is 1.66. The third-order valence-electron chi connectivity index (χ3n) is 5.01. The maximum atomic E-state index is 12.2. The molecule has 1 atom stereocenters. The van der Waals surface area contributed by atoms with Crippen LogP contribution in [0, 0.1) is 0 Å². The first kappa shape index (κ1) is 23.4. The highest BCUT2D eigenvalue weighted by molar-refractivity contribution is 6.30. The minimum Gasteiger partial charge on any atom is -0.489 e. The van der Waals surface area contributed by atoms with E-state index in [1.807, 2.05) is 64.2 Å². The molecular formula is C25H32ClNO4. The van der Waals surface area contributed by atoms with Crippen molar-refractivity contribution in [2.75, 3.05) is 25.1 Å². The molecule has 6 heteroatoms. The first-order valence-corrected chi connectivity index (χ1v) is 11.1. The molecule has 5 nitrogen and oxygen atoms in total. The molecule has 0 bridgehead atoms. The number of hydrogen-bond acceptors (Lipinski definition) is 5. The lowest BCUT2D eigenvalue weighted by atomic mass is 10.1. The van der Waals surface area contributed by atoms with Crippen molar-refractivity contribution in [3.63, 3.8) is 0 Å². The average Bonchev–Trinajstić information content (AvgIpc) is 3.18. The molecule has 2 aromatic rings. The van der Waals surface area contributed by atoms with Crippen molar-refractivity contribution in [3.8, 4) is 5.75 Å². The highest BCUT2D eigenvalue weighted by Gasteiger charge is 2.19. The van der Waals surface area contributed by atoms with Crippen LogP contribution >= 0.6 is 11.6 Å². The zero-order valence-electron chi connectivity index (χ0n) is 18.8. The minimum absolute atomic E-state index is 0.165. The Morgan fingerprint density at radius 2 is 2.00 bits per heavy atom. The van der Waals surface area contributed by atoms with Gasteiger partial charge in [-0.25, -0.2) is 0 Å². The molecule has 31 heavy (non-hydrogen) atoms. The van der Waals surface area contributed by atoms with Crippen molar-refractivity contribution >= 4 is 23.3 Å². The van der Waals surface area contributed by atoms with Gasteiger partial charge in [-0.05, 0) is 63.4 Å². The van der Waals surface area contributed by atoms with Crippen LogP contribution in [0.1, 0.15) is 44.7 Å². The van der Waals surface area contributed by atoms with E-state index in [1.54, 1.807) is 0 Å². The van der Waals surface area contributed by atoms with E-state index in [1.165, 1.54) is 0 Å². The van der Waals surface area contributed by atoms with Gasteiger partial charge in [0.05, 0.1) is 12.5 Å². The molecule has 0 aliphatic carbocycles. The molecule has 0 amide bonds. The third kappa shape index (κ3) is 7.44. The van der Waals surface area contributed by atoms with Crippen molar-refractivity contribution in [1.82, 2.24) is 0 Å². The van der Waals surface area contributed by atoms with Crippen LogP contribution in [0.3, 0.4) is 0 Å². The predicted octanol–water partition coefficient (Wildman–Crippen LogP) is 5.42. The summed E-state index contributed by atoms with van der Waals surface area (Å²) in [6, 6.07) is 13.5. The summed E-state index contributed by atoms with van der Waals surface area (Å²) in [5.74, 6) is 0.395. The van der Waals surface area contributed by atoms with E-state index in [9.17, 15) is 4.79 Å². The molecule has 0 radical (unpaired) electrons. The van der Waals surface area contributed by atoms with E-state index >= 15 is 0 Å². The number of carbonyl (C=O) groups is 1. The van der Waals surface area contributed by atoms with Crippen molar-refractivity contribution in [2.45, 2.75) is 58.3 Å². The number of ether oxygens (including phenoxy) is 3. The van der Waals surface area contributed by atoms with Crippen molar-refractivity contribution in [2.24, 2.45) is 0 Å². The standard InChI is InChI=1S/C25H32ClNO4/c1-25(2,3)31-24(28)14-19-8-5-6-10-23(19)30-17-18-12-20(26)15-21(13-18)27(4)16-22-9-7-11-29-22/h5-6,8,10,12-13,15,22H,7,9,11,14,16-17H2,1-4H3. The Bertz CT molecular complexity index is 887. The lowest BCUT2D eigenvalue weighted by Gasteiger charge is -2.23. The Morgan fingerprint density at radius 1 is 1.23 bits per heavy atom. The summed E-state index contributed by atoms with van der Waals surface area (Å²) >= 11 is 6.38. The number of esters is 1. The van der Waals surface area contributed by atoms with Crippen molar-refractivity contribution in [3.05, 3.63) is 58.6 Å². The molecule has 1 heterocycles. The number of likely N-dealkylation sites (N-methyl/N-ethyl adjacent to an activating group) is 1. The summed E-state index contributed by atoms with van der Waals surface area (Å²) in [6.07, 6.45) is 2.65. The molecule has 1 aliphatic heterocycles. The number of benzene rings is 2. The molecule has 0 saturated carbocycles. The fourth-order valence-electron chi connectivity index (χ4n) is 3.62. The normalized spacial score (nSPS) is 16.2. The maximum Gasteiger partial charge on any atom is 0.310 e. The van der Waals surface area contributed by atoms with Gasteiger partial charge in [-0.15, -0.1) is 0 Å². The van der Waals surface area contributed by atoms with Gasteiger partial charge in [0, 0.05) is 36.5 Å². The molecule has 1 unspecified atom stereocenters. The van der Waals surface area contributed by atoms with Gasteiger partial charge < -0.3 is 19.1 Å². The molecule has 2 aromatic carbocycles. The van der Waals surface area contributed by atoms with Gasteiger partial charge in [-0.1, -0.05) is 29.8 Å². The van der Waals surface area contributed by atoms with Crippen LogP contribution in [0.25, 0.3) is 0 Å². The zero-order chi connectivity index (χ0) is 22.4. The average molecular weight is 446 g/mol. The number of anilines is 1. The van der Waals surface area contributed by atoms with Gasteiger partial charge >= 0.3 is 5.97 Å². The summed E-state index contributed by atoms with van der Waals surface area (Å²) in [6.45, 7) is 7.61. The minimum atomic E-state index is -0.514. The van der Waals surface area contributed by atoms with Gasteiger partial charge in [0.1, 0.15) is 18.0 Å². The SMILES string of the molecule is CN(CC1CCCO1)c1cc(Cl)cc(COc2ccccc2CC(=O)OC(C)(C)C)c1. The number of halogens is 1. The second kappa shape index (κ2) is 10.4. The molecule has 1 fully saturated rings. The number of rotatable bonds is 8. The van der Waals surface area contributed by atoms with Crippen molar-refractivity contribution < 1.29 is 19.0 Å². The molecule has 1 saturated heterocycles. The smallest absolute Gasteiger partial charge is 0.310 e. The van der Waals surface area contributed by atoms with Crippen LogP contribution in [-0.2, 0) is 27.3 Å². The quantitative estimate of drug-likeness (QED) is 0.508. The summed E-state index contributed by atoms with van der Waals surface area (Å²) in [5.41, 5.74) is 2.28. The summed E-state index contributed by atoms with van der Waals surface area (Å²) in [7, 11) is 2.05. The van der Waals surface area contributed by atoms with Crippen LogP contribution in [0.5, 0.6) is 5.75 Å². The number of para-hydroxylation sites is 1. The highest BCUT2D eigenvalue weighted by Crippen LogP contribution is 2.26. The van der Waals surface area contributed by atoms with E-state index < -0.39 is 5.60 Å². The van der Waals surface area contributed by atoms with E-state index in [-0.39, 0.29) is 18.5 Å². The lowest BCUT2D eigenvalue weighted by molar-refractivity contribution is -0.153. The molecule has 3 rings (SSSR count). The summed E-state index contributed by atoms with van der Waals surface area (Å²) < 4.78 is 17.3. The van der Waals surface area contributed by atoms with Gasteiger partial charge in [0.15, 0.2) is 0 Å². The predicted molar refractivity (Wildman–Crippen MR) is 124 cm³/mol. The molecule has 168 valence electrons. The number of carbonyl (C=O) groups excluding carboxylic acids is 1. The first-order chi connectivity index (χ1) is 14.7. The van der Waals surface area contributed by atoms with E-state index in [2.05, 4.69) is 11.0 Å². The summed E-state index contributed by atoms with van der Waals surface area (Å²) in [4.78, 5) is 14.4. The van der Waals surface area contributed by atoms with Gasteiger partial charge in [0.2, 0.25) is 0 Å². The fraction of sp³-hybridized carbons (Fsp3) is 0.480. The van der Waals surface area contributed by atoms with E-state index in [0.29, 0.717) is 17.4 Å². The lowest BCUT2D eigenvalue weighted by Crippen LogP contribution is -2.28.